The lowest BCUT2D eigenvalue weighted by Crippen LogP contribution is -2.50. The van der Waals surface area contributed by atoms with Gasteiger partial charge in [-0.2, -0.15) is 0 Å². The topological polar surface area (TPSA) is 86.7 Å². The Hall–Kier alpha value is -1.43. The van der Waals surface area contributed by atoms with E-state index in [1.54, 1.807) is 27.8 Å². The summed E-state index contributed by atoms with van der Waals surface area (Å²) in [5.41, 5.74) is -1.62. The molecule has 0 aromatic carbocycles. The van der Waals surface area contributed by atoms with Crippen molar-refractivity contribution in [3.63, 3.8) is 0 Å². The first kappa shape index (κ1) is 16.6. The molecule has 1 aliphatic heterocycles. The Morgan fingerprint density at radius 3 is 2.40 bits per heavy atom. The highest BCUT2D eigenvalue weighted by atomic mass is 16.4. The smallest absolute Gasteiger partial charge is 0.323 e. The fraction of sp³-hybridized carbons (Fsp3) is 0.786. The zero-order valence-electron chi connectivity index (χ0n) is 12.7. The van der Waals surface area contributed by atoms with Crippen molar-refractivity contribution < 1.29 is 19.5 Å². The van der Waals surface area contributed by atoms with E-state index >= 15 is 0 Å². The molecule has 1 atom stereocenters. The molecule has 0 spiro atoms. The molecule has 1 unspecified atom stereocenters. The highest BCUT2D eigenvalue weighted by molar-refractivity contribution is 6.05. The summed E-state index contributed by atoms with van der Waals surface area (Å²) in [6.45, 7) is 5.61. The van der Waals surface area contributed by atoms with Crippen molar-refractivity contribution in [3.05, 3.63) is 0 Å². The Kier molecular flexibility index (Phi) is 4.91. The average molecular weight is 284 g/mol. The summed E-state index contributed by atoms with van der Waals surface area (Å²) in [4.78, 5) is 36.4. The first-order chi connectivity index (χ1) is 9.20. The minimum atomic E-state index is -0.985. The van der Waals surface area contributed by atoms with Crippen molar-refractivity contribution in [1.29, 1.82) is 0 Å². The molecule has 1 saturated heterocycles. The third kappa shape index (κ3) is 3.00. The number of carbonyl (C=O) groups excluding carboxylic acids is 2. The minimum Gasteiger partial charge on any atom is -0.480 e. The number of likely N-dealkylation sites (tertiary alicyclic amines) is 1. The van der Waals surface area contributed by atoms with Gasteiger partial charge in [0.15, 0.2) is 0 Å². The molecule has 0 aromatic rings. The first-order valence-corrected chi connectivity index (χ1v) is 6.97. The van der Waals surface area contributed by atoms with E-state index in [4.69, 9.17) is 0 Å². The molecule has 1 aliphatic rings. The largest absolute Gasteiger partial charge is 0.480 e. The van der Waals surface area contributed by atoms with Crippen LogP contribution in [0.15, 0.2) is 0 Å². The molecule has 0 aromatic heterocycles. The predicted molar refractivity (Wildman–Crippen MR) is 74.1 cm³/mol. The van der Waals surface area contributed by atoms with Crippen LogP contribution in [0.3, 0.4) is 0 Å². The number of rotatable bonds is 7. The van der Waals surface area contributed by atoms with Crippen LogP contribution in [0.5, 0.6) is 0 Å². The zero-order valence-corrected chi connectivity index (χ0v) is 12.7. The van der Waals surface area contributed by atoms with Crippen LogP contribution >= 0.6 is 0 Å². The van der Waals surface area contributed by atoms with Gasteiger partial charge in [-0.1, -0.05) is 20.8 Å². The maximum absolute atomic E-state index is 12.0. The molecule has 20 heavy (non-hydrogen) atoms. The predicted octanol–water partition coefficient (Wildman–Crippen LogP) is 1.00. The molecular weight excluding hydrogens is 260 g/mol. The van der Waals surface area contributed by atoms with Gasteiger partial charge in [0, 0.05) is 13.0 Å². The lowest BCUT2D eigenvalue weighted by Gasteiger charge is -2.28. The second-order valence-electron chi connectivity index (χ2n) is 6.01. The van der Waals surface area contributed by atoms with Gasteiger partial charge >= 0.3 is 5.97 Å². The van der Waals surface area contributed by atoms with Gasteiger partial charge in [-0.05, 0) is 26.3 Å². The second-order valence-corrected chi connectivity index (χ2v) is 6.01. The van der Waals surface area contributed by atoms with Crippen molar-refractivity contribution in [2.24, 2.45) is 5.41 Å². The van der Waals surface area contributed by atoms with Gasteiger partial charge in [-0.3, -0.25) is 19.3 Å². The van der Waals surface area contributed by atoms with Gasteiger partial charge in [-0.15, -0.1) is 0 Å². The number of nitrogens with one attached hydrogen (secondary N) is 1. The first-order valence-electron chi connectivity index (χ1n) is 6.97. The van der Waals surface area contributed by atoms with Gasteiger partial charge < -0.3 is 10.4 Å². The normalized spacial score (nSPS) is 21.1. The molecule has 6 heteroatoms. The van der Waals surface area contributed by atoms with E-state index in [2.05, 4.69) is 5.32 Å². The van der Waals surface area contributed by atoms with Gasteiger partial charge in [0.25, 0.3) is 0 Å². The fourth-order valence-electron chi connectivity index (χ4n) is 2.64. The van der Waals surface area contributed by atoms with Crippen molar-refractivity contribution in [3.8, 4) is 0 Å². The zero-order chi connectivity index (χ0) is 15.6. The molecule has 0 radical (unpaired) electrons. The van der Waals surface area contributed by atoms with Crippen molar-refractivity contribution in [1.82, 2.24) is 10.2 Å². The molecule has 0 saturated carbocycles. The molecule has 2 amide bonds. The monoisotopic (exact) mass is 284 g/mol. The van der Waals surface area contributed by atoms with Gasteiger partial charge in [0.2, 0.25) is 11.8 Å². The number of carboxylic acids is 1. The number of hydrogen-bond acceptors (Lipinski definition) is 4. The molecule has 2 N–H and O–H groups in total. The summed E-state index contributed by atoms with van der Waals surface area (Å²) < 4.78 is 0. The molecule has 1 heterocycles. The lowest BCUT2D eigenvalue weighted by molar-refractivity contribution is -0.145. The summed E-state index contributed by atoms with van der Waals surface area (Å²) in [6.07, 6.45) is 1.54. The van der Waals surface area contributed by atoms with Crippen molar-refractivity contribution >= 4 is 17.8 Å². The van der Waals surface area contributed by atoms with Crippen LogP contribution in [0, 0.1) is 5.41 Å². The fourth-order valence-corrected chi connectivity index (χ4v) is 2.64. The molecule has 0 bridgehead atoms. The quantitative estimate of drug-likeness (QED) is 0.681. The third-order valence-electron chi connectivity index (χ3n) is 4.20. The van der Waals surface area contributed by atoms with Gasteiger partial charge in [0.1, 0.15) is 5.54 Å². The standard InChI is InChI=1S/C14H24N2O4/c1-5-14(15-4,12(19)20)7-6-8-16-10(17)9-13(2,3)11(16)18/h15H,5-9H2,1-4H3,(H,19,20). The summed E-state index contributed by atoms with van der Waals surface area (Å²) in [6, 6.07) is 0. The van der Waals surface area contributed by atoms with Crippen LogP contribution < -0.4 is 5.32 Å². The van der Waals surface area contributed by atoms with E-state index < -0.39 is 16.9 Å². The summed E-state index contributed by atoms with van der Waals surface area (Å²) in [5, 5.41) is 12.1. The van der Waals surface area contributed by atoms with Gasteiger partial charge in [-0.25, -0.2) is 0 Å². The number of aliphatic carboxylic acids is 1. The van der Waals surface area contributed by atoms with E-state index in [-0.39, 0.29) is 24.8 Å². The van der Waals surface area contributed by atoms with Crippen LogP contribution in [-0.2, 0) is 14.4 Å². The Bertz CT molecular complexity index is 413. The lowest BCUT2D eigenvalue weighted by atomic mass is 9.90. The minimum absolute atomic E-state index is 0.163. The summed E-state index contributed by atoms with van der Waals surface area (Å²) in [7, 11) is 1.62. The van der Waals surface area contributed by atoms with Crippen LogP contribution in [-0.4, -0.2) is 46.9 Å². The molecule has 1 rings (SSSR count). The molecule has 114 valence electrons. The Balaban J connectivity index is 2.63. The number of amides is 2. The average Bonchev–Trinajstić information content (AvgIpc) is 2.56. The highest BCUT2D eigenvalue weighted by Gasteiger charge is 2.44. The third-order valence-corrected chi connectivity index (χ3v) is 4.20. The number of hydrogen-bond donors (Lipinski definition) is 2. The molecule has 1 fully saturated rings. The summed E-state index contributed by atoms with van der Waals surface area (Å²) in [5.74, 6) is -1.23. The van der Waals surface area contributed by atoms with E-state index in [1.807, 2.05) is 0 Å². The Morgan fingerprint density at radius 2 is 2.05 bits per heavy atom. The molecular formula is C14H24N2O4. The van der Waals surface area contributed by atoms with Crippen LogP contribution in [0.1, 0.15) is 46.5 Å². The Labute approximate surface area is 119 Å². The number of imide groups is 1. The van der Waals surface area contributed by atoms with Crippen LogP contribution in [0.4, 0.5) is 0 Å². The van der Waals surface area contributed by atoms with E-state index in [0.29, 0.717) is 19.3 Å². The van der Waals surface area contributed by atoms with Crippen LogP contribution in [0.2, 0.25) is 0 Å². The van der Waals surface area contributed by atoms with Crippen molar-refractivity contribution in [2.75, 3.05) is 13.6 Å². The van der Waals surface area contributed by atoms with E-state index in [9.17, 15) is 19.5 Å². The summed E-state index contributed by atoms with van der Waals surface area (Å²) >= 11 is 0. The molecule has 6 nitrogen and oxygen atoms in total. The SMILES string of the molecule is CCC(CCCN1C(=O)CC(C)(C)C1=O)(NC)C(=O)O. The maximum Gasteiger partial charge on any atom is 0.323 e. The second kappa shape index (κ2) is 5.91. The number of carboxylic acid groups (broad SMARTS) is 1. The van der Waals surface area contributed by atoms with E-state index in [0.717, 1.165) is 0 Å². The number of carbonyl (C=O) groups is 3. The van der Waals surface area contributed by atoms with Gasteiger partial charge in [0.05, 0.1) is 5.41 Å². The van der Waals surface area contributed by atoms with E-state index in [1.165, 1.54) is 4.90 Å². The number of likely N-dealkylation sites (N-methyl/N-ethyl adjacent to an activating group) is 1. The maximum atomic E-state index is 12.0. The Morgan fingerprint density at radius 1 is 1.45 bits per heavy atom. The molecule has 0 aliphatic carbocycles. The highest BCUT2D eigenvalue weighted by Crippen LogP contribution is 2.32. The van der Waals surface area contributed by atoms with Crippen molar-refractivity contribution in [2.45, 2.75) is 52.0 Å². The number of nitrogens with zero attached hydrogens (tertiary/aromatic N) is 1. The van der Waals surface area contributed by atoms with Crippen LogP contribution in [0.25, 0.3) is 0 Å².